The Morgan fingerprint density at radius 2 is 2.25 bits per heavy atom. The number of aromatic nitrogens is 4. The second kappa shape index (κ2) is 4.40. The summed E-state index contributed by atoms with van der Waals surface area (Å²) < 4.78 is 1.73. The van der Waals surface area contributed by atoms with Crippen molar-refractivity contribution < 1.29 is 0 Å². The Balaban J connectivity index is 2.28. The van der Waals surface area contributed by atoms with Gasteiger partial charge in [-0.15, -0.1) is 0 Å². The van der Waals surface area contributed by atoms with Gasteiger partial charge in [-0.1, -0.05) is 0 Å². The minimum absolute atomic E-state index is 0.103. The highest BCUT2D eigenvalue weighted by Crippen LogP contribution is 2.11. The molecule has 0 bridgehead atoms. The molecule has 0 aromatic carbocycles. The molecular formula is C11H15N5. The van der Waals surface area contributed by atoms with Crippen molar-refractivity contribution in [3.63, 3.8) is 0 Å². The fourth-order valence-electron chi connectivity index (χ4n) is 1.50. The van der Waals surface area contributed by atoms with Crippen molar-refractivity contribution in [2.75, 3.05) is 0 Å². The molecule has 1 atom stereocenters. The van der Waals surface area contributed by atoms with E-state index >= 15 is 0 Å². The van der Waals surface area contributed by atoms with Crippen LogP contribution in [0.2, 0.25) is 0 Å². The molecule has 0 aliphatic carbocycles. The third-order valence-electron chi connectivity index (χ3n) is 2.19. The van der Waals surface area contributed by atoms with Crippen molar-refractivity contribution in [2.45, 2.75) is 19.4 Å². The molecule has 84 valence electrons. The zero-order valence-electron chi connectivity index (χ0n) is 9.46. The lowest BCUT2D eigenvalue weighted by atomic mass is 10.2. The molecule has 5 nitrogen and oxygen atoms in total. The molecule has 0 spiro atoms. The van der Waals surface area contributed by atoms with Crippen LogP contribution in [0.25, 0.3) is 11.5 Å². The molecule has 2 rings (SSSR count). The second-order valence-corrected chi connectivity index (χ2v) is 3.93. The average Bonchev–Trinajstić information content (AvgIpc) is 2.64. The molecule has 2 aromatic heterocycles. The lowest BCUT2D eigenvalue weighted by Crippen LogP contribution is -2.18. The highest BCUT2D eigenvalue weighted by molar-refractivity contribution is 5.47. The number of hydrogen-bond acceptors (Lipinski definition) is 4. The first-order chi connectivity index (χ1) is 7.65. The summed E-state index contributed by atoms with van der Waals surface area (Å²) in [5, 5.41) is 4.26. The predicted octanol–water partition coefficient (Wildman–Crippen LogP) is 0.767. The summed E-state index contributed by atoms with van der Waals surface area (Å²) in [6, 6.07) is 3.88. The zero-order valence-corrected chi connectivity index (χ0v) is 9.46. The number of nitrogens with two attached hydrogens (primary N) is 1. The first-order valence-corrected chi connectivity index (χ1v) is 5.22. The quantitative estimate of drug-likeness (QED) is 0.824. The Bertz CT molecular complexity index is 475. The molecule has 2 heterocycles. The fraction of sp³-hybridized carbons (Fsp3) is 0.364. The van der Waals surface area contributed by atoms with E-state index in [1.807, 2.05) is 32.3 Å². The summed E-state index contributed by atoms with van der Waals surface area (Å²) in [7, 11) is 1.87. The van der Waals surface area contributed by atoms with Crippen LogP contribution in [0, 0.1) is 0 Å². The average molecular weight is 217 g/mol. The third kappa shape index (κ3) is 2.43. The van der Waals surface area contributed by atoms with E-state index in [0.717, 1.165) is 17.8 Å². The first-order valence-electron chi connectivity index (χ1n) is 5.22. The van der Waals surface area contributed by atoms with E-state index in [1.54, 1.807) is 10.9 Å². The van der Waals surface area contributed by atoms with Gasteiger partial charge in [-0.2, -0.15) is 5.10 Å². The normalized spacial score (nSPS) is 12.7. The highest BCUT2D eigenvalue weighted by atomic mass is 15.3. The minimum Gasteiger partial charge on any atom is -0.328 e. The number of nitrogens with zero attached hydrogens (tertiary/aromatic N) is 4. The standard InChI is InChI=1S/C11H15N5/c1-8(12)7-9-3-5-13-11(14-9)10-4-6-16(2)15-10/h3-6,8H,7,12H2,1-2H3. The van der Waals surface area contributed by atoms with Crippen LogP contribution < -0.4 is 5.73 Å². The molecule has 16 heavy (non-hydrogen) atoms. The van der Waals surface area contributed by atoms with Gasteiger partial charge in [0.25, 0.3) is 0 Å². The van der Waals surface area contributed by atoms with Crippen molar-refractivity contribution in [1.82, 2.24) is 19.7 Å². The van der Waals surface area contributed by atoms with Gasteiger partial charge < -0.3 is 5.73 Å². The number of aryl methyl sites for hydroxylation is 1. The van der Waals surface area contributed by atoms with E-state index < -0.39 is 0 Å². The van der Waals surface area contributed by atoms with E-state index in [9.17, 15) is 0 Å². The van der Waals surface area contributed by atoms with Crippen LogP contribution in [0.15, 0.2) is 24.5 Å². The molecule has 0 aliphatic rings. The van der Waals surface area contributed by atoms with Crippen LogP contribution in [0.3, 0.4) is 0 Å². The van der Waals surface area contributed by atoms with Gasteiger partial charge in [0.2, 0.25) is 0 Å². The van der Waals surface area contributed by atoms with Crippen molar-refractivity contribution in [3.8, 4) is 11.5 Å². The van der Waals surface area contributed by atoms with Gasteiger partial charge in [-0.3, -0.25) is 4.68 Å². The van der Waals surface area contributed by atoms with E-state index in [2.05, 4.69) is 15.1 Å². The van der Waals surface area contributed by atoms with Crippen LogP contribution >= 0.6 is 0 Å². The van der Waals surface area contributed by atoms with Crippen molar-refractivity contribution >= 4 is 0 Å². The lowest BCUT2D eigenvalue weighted by molar-refractivity contribution is 0.719. The fourth-order valence-corrected chi connectivity index (χ4v) is 1.50. The molecule has 0 saturated heterocycles. The van der Waals surface area contributed by atoms with Crippen LogP contribution in [0.5, 0.6) is 0 Å². The van der Waals surface area contributed by atoms with Crippen molar-refractivity contribution in [2.24, 2.45) is 12.8 Å². The summed E-state index contributed by atoms with van der Waals surface area (Å²) in [6.45, 7) is 1.96. The van der Waals surface area contributed by atoms with Gasteiger partial charge >= 0.3 is 0 Å². The van der Waals surface area contributed by atoms with Gasteiger partial charge in [0.15, 0.2) is 5.82 Å². The molecule has 0 radical (unpaired) electrons. The van der Waals surface area contributed by atoms with E-state index in [-0.39, 0.29) is 6.04 Å². The Morgan fingerprint density at radius 1 is 1.44 bits per heavy atom. The maximum atomic E-state index is 5.74. The molecule has 2 N–H and O–H groups in total. The van der Waals surface area contributed by atoms with E-state index in [1.165, 1.54) is 0 Å². The maximum absolute atomic E-state index is 5.74. The maximum Gasteiger partial charge on any atom is 0.180 e. The molecule has 0 saturated carbocycles. The van der Waals surface area contributed by atoms with Crippen LogP contribution in [0.4, 0.5) is 0 Å². The predicted molar refractivity (Wildman–Crippen MR) is 61.6 cm³/mol. The molecule has 0 amide bonds. The van der Waals surface area contributed by atoms with Crippen molar-refractivity contribution in [1.29, 1.82) is 0 Å². The smallest absolute Gasteiger partial charge is 0.180 e. The second-order valence-electron chi connectivity index (χ2n) is 3.93. The summed E-state index contributed by atoms with van der Waals surface area (Å²) in [4.78, 5) is 8.63. The van der Waals surface area contributed by atoms with Gasteiger partial charge in [-0.25, -0.2) is 9.97 Å². The Morgan fingerprint density at radius 3 is 2.88 bits per heavy atom. The summed E-state index contributed by atoms with van der Waals surface area (Å²) >= 11 is 0. The monoisotopic (exact) mass is 217 g/mol. The molecule has 0 fully saturated rings. The molecule has 0 aliphatic heterocycles. The van der Waals surface area contributed by atoms with Crippen LogP contribution in [-0.4, -0.2) is 25.8 Å². The van der Waals surface area contributed by atoms with Gasteiger partial charge in [0.1, 0.15) is 5.69 Å². The minimum atomic E-state index is 0.103. The number of hydrogen-bond donors (Lipinski definition) is 1. The summed E-state index contributed by atoms with van der Waals surface area (Å²) in [5.41, 5.74) is 7.47. The molecular weight excluding hydrogens is 202 g/mol. The lowest BCUT2D eigenvalue weighted by Gasteiger charge is -2.04. The topological polar surface area (TPSA) is 69.6 Å². The highest BCUT2D eigenvalue weighted by Gasteiger charge is 2.06. The van der Waals surface area contributed by atoms with Gasteiger partial charge in [-0.05, 0) is 19.1 Å². The SMILES string of the molecule is CC(N)Cc1ccnc(-c2ccn(C)n2)n1. The van der Waals surface area contributed by atoms with Crippen molar-refractivity contribution in [3.05, 3.63) is 30.2 Å². The molecule has 2 aromatic rings. The van der Waals surface area contributed by atoms with E-state index in [4.69, 9.17) is 5.73 Å². The largest absolute Gasteiger partial charge is 0.328 e. The number of rotatable bonds is 3. The molecule has 1 unspecified atom stereocenters. The van der Waals surface area contributed by atoms with Gasteiger partial charge in [0.05, 0.1) is 0 Å². The van der Waals surface area contributed by atoms with Gasteiger partial charge in [0, 0.05) is 37.6 Å². The summed E-state index contributed by atoms with van der Waals surface area (Å²) in [6.07, 6.45) is 4.37. The Labute approximate surface area is 94.3 Å². The third-order valence-corrected chi connectivity index (χ3v) is 2.19. The van der Waals surface area contributed by atoms with Crippen LogP contribution in [0.1, 0.15) is 12.6 Å². The van der Waals surface area contributed by atoms with Crippen LogP contribution in [-0.2, 0) is 13.5 Å². The Kier molecular flexibility index (Phi) is 2.96. The zero-order chi connectivity index (χ0) is 11.5. The Hall–Kier alpha value is -1.75. The first kappa shape index (κ1) is 10.8. The molecule has 5 heteroatoms. The van der Waals surface area contributed by atoms with E-state index in [0.29, 0.717) is 5.82 Å². The summed E-state index contributed by atoms with van der Waals surface area (Å²) in [5.74, 6) is 0.652.